The van der Waals surface area contributed by atoms with Crippen LogP contribution in [0.4, 0.5) is 0 Å². The van der Waals surface area contributed by atoms with E-state index in [0.717, 1.165) is 4.90 Å². The Hall–Kier alpha value is -2.69. The molecule has 0 saturated carbocycles. The first-order valence-electron chi connectivity index (χ1n) is 9.10. The van der Waals surface area contributed by atoms with E-state index in [1.54, 1.807) is 0 Å². The summed E-state index contributed by atoms with van der Waals surface area (Å²) in [7, 11) is 0. The molecule has 11 nitrogen and oxygen atoms in total. The Kier molecular flexibility index (Phi) is 8.83. The molecule has 0 aliphatic carbocycles. The molecule has 6 N–H and O–H groups in total. The number of hydrogen-bond acceptors (Lipinski definition) is 6. The number of aliphatic carboxylic acids is 2. The lowest BCUT2D eigenvalue weighted by atomic mass is 10.0. The summed E-state index contributed by atoms with van der Waals surface area (Å²) in [5.41, 5.74) is 5.71. The van der Waals surface area contributed by atoms with Gasteiger partial charge in [0.2, 0.25) is 17.7 Å². The highest BCUT2D eigenvalue weighted by atomic mass is 16.4. The fraction of sp³-hybridized carbons (Fsp3) is 0.706. The Morgan fingerprint density at radius 3 is 2.36 bits per heavy atom. The van der Waals surface area contributed by atoms with Gasteiger partial charge in [0, 0.05) is 6.54 Å². The maximum atomic E-state index is 12.6. The summed E-state index contributed by atoms with van der Waals surface area (Å²) in [4.78, 5) is 59.9. The van der Waals surface area contributed by atoms with E-state index in [2.05, 4.69) is 10.6 Å². The number of nitrogens with one attached hydrogen (secondary N) is 2. The highest BCUT2D eigenvalue weighted by molar-refractivity contribution is 5.94. The molecular weight excluding hydrogens is 372 g/mol. The first-order valence-corrected chi connectivity index (χ1v) is 9.10. The van der Waals surface area contributed by atoms with Gasteiger partial charge in [0.1, 0.15) is 12.1 Å². The van der Waals surface area contributed by atoms with E-state index >= 15 is 0 Å². The molecule has 0 spiro atoms. The smallest absolute Gasteiger partial charge is 0.326 e. The molecule has 1 rings (SSSR count). The van der Waals surface area contributed by atoms with E-state index in [0.29, 0.717) is 12.8 Å². The average Bonchev–Trinajstić information content (AvgIpc) is 3.07. The van der Waals surface area contributed by atoms with Crippen LogP contribution in [0.2, 0.25) is 0 Å². The van der Waals surface area contributed by atoms with Crippen LogP contribution in [0.3, 0.4) is 0 Å². The zero-order chi connectivity index (χ0) is 21.4. The molecule has 28 heavy (non-hydrogen) atoms. The Bertz CT molecular complexity index is 623. The summed E-state index contributed by atoms with van der Waals surface area (Å²) in [6.45, 7) is 3.48. The first kappa shape index (κ1) is 23.3. The Morgan fingerprint density at radius 2 is 1.82 bits per heavy atom. The lowest BCUT2D eigenvalue weighted by molar-refractivity contribution is -0.150. The second kappa shape index (κ2) is 10.6. The molecule has 0 aromatic rings. The van der Waals surface area contributed by atoms with Crippen molar-refractivity contribution in [2.45, 2.75) is 57.7 Å². The molecule has 3 amide bonds. The first-order chi connectivity index (χ1) is 13.0. The van der Waals surface area contributed by atoms with Crippen LogP contribution in [0.1, 0.15) is 39.5 Å². The van der Waals surface area contributed by atoms with Crippen molar-refractivity contribution < 1.29 is 34.2 Å². The quantitative estimate of drug-likeness (QED) is 0.294. The molecule has 0 bridgehead atoms. The Labute approximate surface area is 162 Å². The van der Waals surface area contributed by atoms with Gasteiger partial charge in [-0.2, -0.15) is 0 Å². The topological polar surface area (TPSA) is 179 Å². The molecule has 158 valence electrons. The molecule has 1 aliphatic rings. The number of carboxylic acid groups (broad SMARTS) is 2. The van der Waals surface area contributed by atoms with E-state index in [1.807, 2.05) is 13.8 Å². The predicted molar refractivity (Wildman–Crippen MR) is 97.0 cm³/mol. The molecule has 3 atom stereocenters. The number of rotatable bonds is 10. The van der Waals surface area contributed by atoms with Gasteiger partial charge in [0.25, 0.3) is 0 Å². The normalized spacial score (nSPS) is 18.4. The Balaban J connectivity index is 2.69. The fourth-order valence-corrected chi connectivity index (χ4v) is 3.02. The second-order valence-corrected chi connectivity index (χ2v) is 7.20. The number of likely N-dealkylation sites (tertiary alicyclic amines) is 1. The van der Waals surface area contributed by atoms with Crippen LogP contribution in [0.5, 0.6) is 0 Å². The van der Waals surface area contributed by atoms with Gasteiger partial charge in [-0.15, -0.1) is 0 Å². The van der Waals surface area contributed by atoms with Crippen molar-refractivity contribution in [1.29, 1.82) is 0 Å². The number of carbonyl (C=O) groups is 5. The van der Waals surface area contributed by atoms with Crippen LogP contribution in [-0.2, 0) is 24.0 Å². The zero-order valence-corrected chi connectivity index (χ0v) is 16.0. The molecule has 1 saturated heterocycles. The summed E-state index contributed by atoms with van der Waals surface area (Å²) in [5.74, 6) is -4.39. The molecule has 0 aromatic heterocycles. The predicted octanol–water partition coefficient (Wildman–Crippen LogP) is -1.49. The van der Waals surface area contributed by atoms with E-state index in [1.165, 1.54) is 0 Å². The lowest BCUT2D eigenvalue weighted by Crippen LogP contribution is -2.54. The number of amides is 3. The van der Waals surface area contributed by atoms with Crippen molar-refractivity contribution in [2.75, 3.05) is 13.1 Å². The van der Waals surface area contributed by atoms with Gasteiger partial charge in [-0.3, -0.25) is 19.2 Å². The van der Waals surface area contributed by atoms with E-state index < -0.39 is 60.8 Å². The van der Waals surface area contributed by atoms with Crippen molar-refractivity contribution in [3.63, 3.8) is 0 Å². The summed E-state index contributed by atoms with van der Waals surface area (Å²) in [6.07, 6.45) is 0.464. The summed E-state index contributed by atoms with van der Waals surface area (Å²) < 4.78 is 0. The largest absolute Gasteiger partial charge is 0.481 e. The molecule has 1 fully saturated rings. The number of carbonyl (C=O) groups excluding carboxylic acids is 3. The van der Waals surface area contributed by atoms with Gasteiger partial charge in [-0.05, 0) is 25.2 Å². The number of nitrogens with zero attached hydrogens (tertiary/aromatic N) is 1. The highest BCUT2D eigenvalue weighted by Gasteiger charge is 2.38. The number of nitrogens with two attached hydrogens (primary N) is 1. The molecule has 3 unspecified atom stereocenters. The van der Waals surface area contributed by atoms with Crippen LogP contribution in [0.15, 0.2) is 0 Å². The number of carboxylic acids is 2. The van der Waals surface area contributed by atoms with Gasteiger partial charge in [0.15, 0.2) is 0 Å². The summed E-state index contributed by atoms with van der Waals surface area (Å²) >= 11 is 0. The van der Waals surface area contributed by atoms with Crippen molar-refractivity contribution in [3.8, 4) is 0 Å². The third-order valence-corrected chi connectivity index (χ3v) is 4.32. The van der Waals surface area contributed by atoms with Gasteiger partial charge in [0.05, 0.1) is 19.0 Å². The minimum atomic E-state index is -1.42. The van der Waals surface area contributed by atoms with Gasteiger partial charge in [-0.25, -0.2) is 4.79 Å². The van der Waals surface area contributed by atoms with Crippen LogP contribution in [0.25, 0.3) is 0 Å². The zero-order valence-electron chi connectivity index (χ0n) is 16.0. The third kappa shape index (κ3) is 7.14. The third-order valence-electron chi connectivity index (χ3n) is 4.32. The molecule has 1 aliphatic heterocycles. The van der Waals surface area contributed by atoms with Crippen LogP contribution >= 0.6 is 0 Å². The molecule has 0 radical (unpaired) electrons. The molecule has 1 heterocycles. The van der Waals surface area contributed by atoms with Crippen molar-refractivity contribution in [2.24, 2.45) is 11.7 Å². The molecular formula is C17H28N4O7. The van der Waals surface area contributed by atoms with Gasteiger partial charge >= 0.3 is 11.9 Å². The summed E-state index contributed by atoms with van der Waals surface area (Å²) in [6, 6.07) is -3.26. The second-order valence-electron chi connectivity index (χ2n) is 7.20. The van der Waals surface area contributed by atoms with E-state index in [-0.39, 0.29) is 18.9 Å². The van der Waals surface area contributed by atoms with Crippen LogP contribution < -0.4 is 16.4 Å². The van der Waals surface area contributed by atoms with Gasteiger partial charge < -0.3 is 31.5 Å². The van der Waals surface area contributed by atoms with Crippen LogP contribution in [0, 0.1) is 5.92 Å². The van der Waals surface area contributed by atoms with Crippen molar-refractivity contribution >= 4 is 29.7 Å². The lowest BCUT2D eigenvalue weighted by Gasteiger charge is -2.26. The van der Waals surface area contributed by atoms with E-state index in [9.17, 15) is 29.1 Å². The molecule has 0 aromatic carbocycles. The average molecular weight is 400 g/mol. The maximum Gasteiger partial charge on any atom is 0.326 e. The monoisotopic (exact) mass is 400 g/mol. The van der Waals surface area contributed by atoms with Crippen molar-refractivity contribution in [3.05, 3.63) is 0 Å². The number of hydrogen-bond donors (Lipinski definition) is 5. The summed E-state index contributed by atoms with van der Waals surface area (Å²) in [5, 5.41) is 22.8. The van der Waals surface area contributed by atoms with Gasteiger partial charge in [-0.1, -0.05) is 13.8 Å². The fourth-order valence-electron chi connectivity index (χ4n) is 3.02. The van der Waals surface area contributed by atoms with Crippen LogP contribution in [-0.4, -0.2) is 76.0 Å². The SMILES string of the molecule is CC(C)CC(N)C(=O)NCC(=O)NC(CC(=O)O)C(=O)N1CCCC1C(=O)O. The standard InChI is InChI=1S/C17H28N4O7/c1-9(2)6-10(18)15(25)19-8-13(22)20-11(7-14(23)24)16(26)21-5-3-4-12(21)17(27)28/h9-12H,3-8,18H2,1-2H3,(H,19,25)(H,20,22)(H,23,24)(H,27,28). The maximum absolute atomic E-state index is 12.6. The van der Waals surface area contributed by atoms with Crippen molar-refractivity contribution in [1.82, 2.24) is 15.5 Å². The Morgan fingerprint density at radius 1 is 1.18 bits per heavy atom. The minimum Gasteiger partial charge on any atom is -0.481 e. The highest BCUT2D eigenvalue weighted by Crippen LogP contribution is 2.19. The minimum absolute atomic E-state index is 0.169. The van der Waals surface area contributed by atoms with E-state index in [4.69, 9.17) is 10.8 Å². The molecule has 11 heteroatoms.